The summed E-state index contributed by atoms with van der Waals surface area (Å²) in [4.78, 5) is 13.7. The SMILES string of the molecule is CCN(Cc1ccc(O[C@@H](C)C(=O)OC)cc1)c1ccccc1. The molecular formula is C19H23NO3. The molecule has 0 spiro atoms. The third-order valence-electron chi connectivity index (χ3n) is 3.65. The summed E-state index contributed by atoms with van der Waals surface area (Å²) in [6.45, 7) is 5.57. The maximum atomic E-state index is 11.4. The van der Waals surface area contributed by atoms with Gasteiger partial charge in [0.05, 0.1) is 7.11 Å². The summed E-state index contributed by atoms with van der Waals surface area (Å²) in [6, 6.07) is 18.1. The lowest BCUT2D eigenvalue weighted by atomic mass is 10.2. The van der Waals surface area contributed by atoms with Crippen molar-refractivity contribution in [3.8, 4) is 5.75 Å². The number of para-hydroxylation sites is 1. The van der Waals surface area contributed by atoms with Crippen LogP contribution in [0.5, 0.6) is 5.75 Å². The van der Waals surface area contributed by atoms with E-state index in [1.54, 1.807) is 6.92 Å². The molecule has 0 aliphatic carbocycles. The topological polar surface area (TPSA) is 38.8 Å². The van der Waals surface area contributed by atoms with Crippen LogP contribution in [0.1, 0.15) is 19.4 Å². The average Bonchev–Trinajstić information content (AvgIpc) is 2.61. The zero-order valence-electron chi connectivity index (χ0n) is 13.9. The van der Waals surface area contributed by atoms with Gasteiger partial charge < -0.3 is 14.4 Å². The fourth-order valence-electron chi connectivity index (χ4n) is 2.34. The number of carbonyl (C=O) groups is 1. The molecule has 0 amide bonds. The first-order valence-corrected chi connectivity index (χ1v) is 7.77. The van der Waals surface area contributed by atoms with Gasteiger partial charge in [-0.1, -0.05) is 30.3 Å². The lowest BCUT2D eigenvalue weighted by Crippen LogP contribution is -2.25. The summed E-state index contributed by atoms with van der Waals surface area (Å²) >= 11 is 0. The van der Waals surface area contributed by atoms with Crippen LogP contribution in [0, 0.1) is 0 Å². The highest BCUT2D eigenvalue weighted by molar-refractivity contribution is 5.74. The Morgan fingerprint density at radius 3 is 2.30 bits per heavy atom. The molecule has 0 aromatic heterocycles. The van der Waals surface area contributed by atoms with E-state index >= 15 is 0 Å². The Bertz CT molecular complexity index is 610. The van der Waals surface area contributed by atoms with Crippen molar-refractivity contribution in [2.75, 3.05) is 18.6 Å². The molecule has 0 bridgehead atoms. The van der Waals surface area contributed by atoms with Crippen molar-refractivity contribution in [1.29, 1.82) is 0 Å². The number of esters is 1. The van der Waals surface area contributed by atoms with Gasteiger partial charge in [0, 0.05) is 18.8 Å². The molecular weight excluding hydrogens is 290 g/mol. The van der Waals surface area contributed by atoms with E-state index in [2.05, 4.69) is 28.7 Å². The number of hydrogen-bond donors (Lipinski definition) is 0. The minimum atomic E-state index is -0.609. The van der Waals surface area contributed by atoms with Crippen LogP contribution < -0.4 is 9.64 Å². The quantitative estimate of drug-likeness (QED) is 0.731. The number of nitrogens with zero attached hydrogens (tertiary/aromatic N) is 1. The molecule has 23 heavy (non-hydrogen) atoms. The van der Waals surface area contributed by atoms with Crippen LogP contribution in [0.25, 0.3) is 0 Å². The zero-order chi connectivity index (χ0) is 16.7. The predicted molar refractivity (Wildman–Crippen MR) is 91.7 cm³/mol. The van der Waals surface area contributed by atoms with Gasteiger partial charge in [0.2, 0.25) is 0 Å². The van der Waals surface area contributed by atoms with E-state index in [1.807, 2.05) is 42.5 Å². The van der Waals surface area contributed by atoms with Crippen molar-refractivity contribution in [2.24, 2.45) is 0 Å². The Labute approximate surface area is 137 Å². The van der Waals surface area contributed by atoms with Crippen LogP contribution in [0.4, 0.5) is 5.69 Å². The molecule has 0 heterocycles. The van der Waals surface area contributed by atoms with E-state index in [0.717, 1.165) is 13.1 Å². The maximum Gasteiger partial charge on any atom is 0.346 e. The molecule has 0 aliphatic heterocycles. The first-order chi connectivity index (χ1) is 11.1. The molecule has 0 fully saturated rings. The van der Waals surface area contributed by atoms with Crippen LogP contribution in [0.2, 0.25) is 0 Å². The van der Waals surface area contributed by atoms with Gasteiger partial charge in [0.25, 0.3) is 0 Å². The summed E-state index contributed by atoms with van der Waals surface area (Å²) in [5.41, 5.74) is 2.39. The minimum absolute atomic E-state index is 0.379. The lowest BCUT2D eigenvalue weighted by molar-refractivity contribution is -0.147. The van der Waals surface area contributed by atoms with E-state index in [4.69, 9.17) is 4.74 Å². The standard InChI is InChI=1S/C19H23NO3/c1-4-20(17-8-6-5-7-9-17)14-16-10-12-18(13-11-16)23-15(2)19(21)22-3/h5-13,15H,4,14H2,1-3H3/t15-/m0/s1. The van der Waals surface area contributed by atoms with Crippen LogP contribution in [-0.2, 0) is 16.1 Å². The zero-order valence-corrected chi connectivity index (χ0v) is 13.9. The maximum absolute atomic E-state index is 11.4. The summed E-state index contributed by atoms with van der Waals surface area (Å²) in [6.07, 6.45) is -0.609. The third-order valence-corrected chi connectivity index (χ3v) is 3.65. The van der Waals surface area contributed by atoms with Crippen molar-refractivity contribution in [1.82, 2.24) is 0 Å². The monoisotopic (exact) mass is 313 g/mol. The van der Waals surface area contributed by atoms with Gasteiger partial charge in [-0.2, -0.15) is 0 Å². The smallest absolute Gasteiger partial charge is 0.346 e. The van der Waals surface area contributed by atoms with Gasteiger partial charge in [-0.3, -0.25) is 0 Å². The first kappa shape index (κ1) is 16.9. The van der Waals surface area contributed by atoms with E-state index < -0.39 is 6.10 Å². The van der Waals surface area contributed by atoms with Crippen LogP contribution in [-0.4, -0.2) is 25.7 Å². The molecule has 2 aromatic rings. The van der Waals surface area contributed by atoms with E-state index in [1.165, 1.54) is 18.4 Å². The largest absolute Gasteiger partial charge is 0.479 e. The van der Waals surface area contributed by atoms with Crippen LogP contribution in [0.3, 0.4) is 0 Å². The summed E-state index contributed by atoms with van der Waals surface area (Å²) in [7, 11) is 1.36. The van der Waals surface area contributed by atoms with Crippen molar-refractivity contribution in [2.45, 2.75) is 26.5 Å². The second-order valence-corrected chi connectivity index (χ2v) is 5.28. The van der Waals surface area contributed by atoms with Gasteiger partial charge >= 0.3 is 5.97 Å². The summed E-state index contributed by atoms with van der Waals surface area (Å²) in [5, 5.41) is 0. The van der Waals surface area contributed by atoms with E-state index in [9.17, 15) is 4.79 Å². The van der Waals surface area contributed by atoms with Gasteiger partial charge in [-0.25, -0.2) is 4.79 Å². The number of hydrogen-bond acceptors (Lipinski definition) is 4. The van der Waals surface area contributed by atoms with Gasteiger partial charge in [-0.15, -0.1) is 0 Å². The Morgan fingerprint density at radius 1 is 1.09 bits per heavy atom. The number of anilines is 1. The normalized spacial score (nSPS) is 11.6. The molecule has 0 aliphatic rings. The van der Waals surface area contributed by atoms with Crippen molar-refractivity contribution >= 4 is 11.7 Å². The predicted octanol–water partition coefficient (Wildman–Crippen LogP) is 3.65. The number of methoxy groups -OCH3 is 1. The van der Waals surface area contributed by atoms with Crippen molar-refractivity contribution < 1.29 is 14.3 Å². The number of ether oxygens (including phenoxy) is 2. The fraction of sp³-hybridized carbons (Fsp3) is 0.316. The third kappa shape index (κ3) is 4.74. The number of benzene rings is 2. The molecule has 1 atom stereocenters. The number of carbonyl (C=O) groups excluding carboxylic acids is 1. The molecule has 0 saturated heterocycles. The van der Waals surface area contributed by atoms with Crippen molar-refractivity contribution in [3.63, 3.8) is 0 Å². The molecule has 2 aromatic carbocycles. The van der Waals surface area contributed by atoms with Gasteiger partial charge in [0.1, 0.15) is 5.75 Å². The van der Waals surface area contributed by atoms with E-state index in [0.29, 0.717) is 5.75 Å². The van der Waals surface area contributed by atoms with Gasteiger partial charge in [0.15, 0.2) is 6.10 Å². The second-order valence-electron chi connectivity index (χ2n) is 5.28. The second kappa shape index (κ2) is 8.22. The Morgan fingerprint density at radius 2 is 1.74 bits per heavy atom. The highest BCUT2D eigenvalue weighted by atomic mass is 16.6. The van der Waals surface area contributed by atoms with E-state index in [-0.39, 0.29) is 5.97 Å². The molecule has 0 unspecified atom stereocenters. The highest BCUT2D eigenvalue weighted by Crippen LogP contribution is 2.19. The lowest BCUT2D eigenvalue weighted by Gasteiger charge is -2.23. The minimum Gasteiger partial charge on any atom is -0.479 e. The molecule has 0 radical (unpaired) electrons. The molecule has 4 nitrogen and oxygen atoms in total. The Hall–Kier alpha value is -2.49. The van der Waals surface area contributed by atoms with Crippen LogP contribution in [0.15, 0.2) is 54.6 Å². The van der Waals surface area contributed by atoms with Crippen LogP contribution >= 0.6 is 0 Å². The first-order valence-electron chi connectivity index (χ1n) is 7.77. The summed E-state index contributed by atoms with van der Waals surface area (Å²) in [5.74, 6) is 0.282. The molecule has 122 valence electrons. The Kier molecular flexibility index (Phi) is 6.03. The summed E-state index contributed by atoms with van der Waals surface area (Å²) < 4.78 is 10.2. The molecule has 2 rings (SSSR count). The molecule has 4 heteroatoms. The molecule has 0 saturated carbocycles. The fourth-order valence-corrected chi connectivity index (χ4v) is 2.34. The highest BCUT2D eigenvalue weighted by Gasteiger charge is 2.14. The number of rotatable bonds is 7. The average molecular weight is 313 g/mol. The van der Waals surface area contributed by atoms with Crippen molar-refractivity contribution in [3.05, 3.63) is 60.2 Å². The van der Waals surface area contributed by atoms with Gasteiger partial charge in [-0.05, 0) is 43.7 Å². The Balaban J connectivity index is 2.00. The molecule has 0 N–H and O–H groups in total.